The summed E-state index contributed by atoms with van der Waals surface area (Å²) in [6, 6.07) is 5.44. The van der Waals surface area contributed by atoms with E-state index in [2.05, 4.69) is 10.6 Å². The molecule has 0 bridgehead atoms. The maximum absolute atomic E-state index is 11.4. The fourth-order valence-corrected chi connectivity index (χ4v) is 1.59. The fraction of sp³-hybridized carbons (Fsp3) is 0.417. The van der Waals surface area contributed by atoms with Crippen molar-refractivity contribution in [2.75, 3.05) is 19.0 Å². The van der Waals surface area contributed by atoms with Gasteiger partial charge >= 0.3 is 0 Å². The smallest absolute Gasteiger partial charge is 0.239 e. The second kappa shape index (κ2) is 6.35. The maximum Gasteiger partial charge on any atom is 0.239 e. The zero-order chi connectivity index (χ0) is 12.8. The Bertz CT molecular complexity index is 394. The van der Waals surface area contributed by atoms with Crippen molar-refractivity contribution >= 4 is 23.2 Å². The van der Waals surface area contributed by atoms with Gasteiger partial charge in [0.25, 0.3) is 0 Å². The number of carbonyl (C=O) groups is 1. The van der Waals surface area contributed by atoms with Crippen molar-refractivity contribution in [3.8, 4) is 5.75 Å². The quantitative estimate of drug-likeness (QED) is 0.850. The van der Waals surface area contributed by atoms with Gasteiger partial charge in [-0.15, -0.1) is 0 Å². The van der Waals surface area contributed by atoms with Crippen molar-refractivity contribution in [3.63, 3.8) is 0 Å². The number of hydrogen-bond donors (Lipinski definition) is 2. The number of benzene rings is 1. The lowest BCUT2D eigenvalue weighted by Crippen LogP contribution is -2.34. The highest BCUT2D eigenvalue weighted by Crippen LogP contribution is 2.26. The van der Waals surface area contributed by atoms with Gasteiger partial charge in [-0.25, -0.2) is 0 Å². The monoisotopic (exact) mass is 256 g/mol. The summed E-state index contributed by atoms with van der Waals surface area (Å²) in [7, 11) is 1.56. The van der Waals surface area contributed by atoms with Gasteiger partial charge in [0.05, 0.1) is 18.7 Å². The SMILES string of the molecule is COc1ccc(NCC(=O)NC(C)C)cc1Cl. The van der Waals surface area contributed by atoms with Crippen LogP contribution in [0.15, 0.2) is 18.2 Å². The molecule has 0 radical (unpaired) electrons. The highest BCUT2D eigenvalue weighted by Gasteiger charge is 2.04. The number of carbonyl (C=O) groups excluding carboxylic acids is 1. The lowest BCUT2D eigenvalue weighted by atomic mass is 10.3. The van der Waals surface area contributed by atoms with Crippen LogP contribution in [0.5, 0.6) is 5.75 Å². The first-order valence-electron chi connectivity index (χ1n) is 5.39. The van der Waals surface area contributed by atoms with Gasteiger partial charge in [-0.05, 0) is 32.0 Å². The Morgan fingerprint density at radius 2 is 2.18 bits per heavy atom. The number of nitrogens with one attached hydrogen (secondary N) is 2. The predicted molar refractivity (Wildman–Crippen MR) is 69.8 cm³/mol. The van der Waals surface area contributed by atoms with Crippen LogP contribution in [0.3, 0.4) is 0 Å². The lowest BCUT2D eigenvalue weighted by Gasteiger charge is -2.11. The standard InChI is InChI=1S/C12H17ClN2O2/c1-8(2)15-12(16)7-14-9-4-5-11(17-3)10(13)6-9/h4-6,8,14H,7H2,1-3H3,(H,15,16). The molecule has 0 aliphatic carbocycles. The third-order valence-corrected chi connectivity index (χ3v) is 2.35. The van der Waals surface area contributed by atoms with E-state index in [0.29, 0.717) is 10.8 Å². The number of ether oxygens (including phenoxy) is 1. The van der Waals surface area contributed by atoms with Crippen LogP contribution in [-0.4, -0.2) is 25.6 Å². The van der Waals surface area contributed by atoms with Crippen LogP contribution in [0.1, 0.15) is 13.8 Å². The molecule has 0 saturated heterocycles. The van der Waals surface area contributed by atoms with Gasteiger partial charge in [0.2, 0.25) is 5.91 Å². The van der Waals surface area contributed by atoms with E-state index in [9.17, 15) is 4.79 Å². The summed E-state index contributed by atoms with van der Waals surface area (Å²) in [5.41, 5.74) is 0.787. The molecule has 0 aliphatic rings. The van der Waals surface area contributed by atoms with Crippen LogP contribution in [-0.2, 0) is 4.79 Å². The van der Waals surface area contributed by atoms with Crippen LogP contribution in [0.25, 0.3) is 0 Å². The molecule has 1 aromatic rings. The Morgan fingerprint density at radius 1 is 1.47 bits per heavy atom. The summed E-state index contributed by atoms with van der Waals surface area (Å²) in [6.45, 7) is 4.06. The molecule has 0 aliphatic heterocycles. The molecule has 4 nitrogen and oxygen atoms in total. The van der Waals surface area contributed by atoms with E-state index in [0.717, 1.165) is 5.69 Å². The minimum Gasteiger partial charge on any atom is -0.495 e. The molecule has 2 N–H and O–H groups in total. The molecule has 1 rings (SSSR count). The molecule has 94 valence electrons. The fourth-order valence-electron chi connectivity index (χ4n) is 1.33. The van der Waals surface area contributed by atoms with Crippen molar-refractivity contribution < 1.29 is 9.53 Å². The Morgan fingerprint density at radius 3 is 2.71 bits per heavy atom. The van der Waals surface area contributed by atoms with E-state index in [1.807, 2.05) is 19.9 Å². The maximum atomic E-state index is 11.4. The Hall–Kier alpha value is -1.42. The van der Waals surface area contributed by atoms with E-state index in [4.69, 9.17) is 16.3 Å². The molecule has 0 atom stereocenters. The third kappa shape index (κ3) is 4.53. The van der Waals surface area contributed by atoms with Gasteiger partial charge in [0.15, 0.2) is 0 Å². The topological polar surface area (TPSA) is 50.4 Å². The summed E-state index contributed by atoms with van der Waals surface area (Å²) in [5, 5.41) is 6.30. The Kier molecular flexibility index (Phi) is 5.10. The summed E-state index contributed by atoms with van der Waals surface area (Å²) >= 11 is 5.96. The van der Waals surface area contributed by atoms with E-state index < -0.39 is 0 Å². The van der Waals surface area contributed by atoms with E-state index in [1.165, 1.54) is 0 Å². The molecule has 0 fully saturated rings. The molecule has 5 heteroatoms. The Balaban J connectivity index is 2.52. The minimum atomic E-state index is -0.0491. The molecule has 0 saturated carbocycles. The van der Waals surface area contributed by atoms with Crippen LogP contribution in [0, 0.1) is 0 Å². The number of amides is 1. The van der Waals surface area contributed by atoms with Crippen molar-refractivity contribution in [2.45, 2.75) is 19.9 Å². The summed E-state index contributed by atoms with van der Waals surface area (Å²) in [5.74, 6) is 0.566. The first-order valence-corrected chi connectivity index (χ1v) is 5.77. The predicted octanol–water partition coefficient (Wildman–Crippen LogP) is 2.29. The van der Waals surface area contributed by atoms with Gasteiger partial charge < -0.3 is 15.4 Å². The molecule has 0 aromatic heterocycles. The van der Waals surface area contributed by atoms with Crippen LogP contribution in [0.4, 0.5) is 5.69 Å². The van der Waals surface area contributed by atoms with Crippen molar-refractivity contribution in [3.05, 3.63) is 23.2 Å². The first-order chi connectivity index (χ1) is 8.02. The summed E-state index contributed by atoms with van der Waals surface area (Å²) < 4.78 is 5.04. The average Bonchev–Trinajstić information content (AvgIpc) is 2.25. The van der Waals surface area contributed by atoms with Crippen LogP contribution < -0.4 is 15.4 Å². The third-order valence-electron chi connectivity index (χ3n) is 2.05. The van der Waals surface area contributed by atoms with Crippen molar-refractivity contribution in [2.24, 2.45) is 0 Å². The number of halogens is 1. The molecule has 0 spiro atoms. The van der Waals surface area contributed by atoms with Crippen molar-refractivity contribution in [1.82, 2.24) is 5.32 Å². The molecule has 0 heterocycles. The minimum absolute atomic E-state index is 0.0491. The second-order valence-electron chi connectivity index (χ2n) is 3.93. The van der Waals surface area contributed by atoms with E-state index in [-0.39, 0.29) is 18.5 Å². The molecular weight excluding hydrogens is 240 g/mol. The van der Waals surface area contributed by atoms with E-state index >= 15 is 0 Å². The highest BCUT2D eigenvalue weighted by atomic mass is 35.5. The number of methoxy groups -OCH3 is 1. The molecule has 17 heavy (non-hydrogen) atoms. The van der Waals surface area contributed by atoms with Gasteiger partial charge in [0.1, 0.15) is 5.75 Å². The molecular formula is C12H17ClN2O2. The zero-order valence-electron chi connectivity index (χ0n) is 10.2. The van der Waals surface area contributed by atoms with Gasteiger partial charge in [-0.1, -0.05) is 11.6 Å². The molecule has 1 amide bonds. The second-order valence-corrected chi connectivity index (χ2v) is 4.33. The van der Waals surface area contributed by atoms with Gasteiger partial charge in [-0.3, -0.25) is 4.79 Å². The molecule has 0 unspecified atom stereocenters. The lowest BCUT2D eigenvalue weighted by molar-refractivity contribution is -0.119. The molecule has 1 aromatic carbocycles. The number of hydrogen-bond acceptors (Lipinski definition) is 3. The first kappa shape index (κ1) is 13.6. The van der Waals surface area contributed by atoms with E-state index in [1.54, 1.807) is 19.2 Å². The average molecular weight is 257 g/mol. The zero-order valence-corrected chi connectivity index (χ0v) is 11.0. The van der Waals surface area contributed by atoms with Gasteiger partial charge in [0, 0.05) is 11.7 Å². The number of rotatable bonds is 5. The summed E-state index contributed by atoms with van der Waals surface area (Å²) in [6.07, 6.45) is 0. The van der Waals surface area contributed by atoms with Crippen LogP contribution >= 0.6 is 11.6 Å². The normalized spacial score (nSPS) is 10.2. The summed E-state index contributed by atoms with van der Waals surface area (Å²) in [4.78, 5) is 11.4. The van der Waals surface area contributed by atoms with Gasteiger partial charge in [-0.2, -0.15) is 0 Å². The largest absolute Gasteiger partial charge is 0.495 e. The van der Waals surface area contributed by atoms with Crippen LogP contribution in [0.2, 0.25) is 5.02 Å². The Labute approximate surface area is 106 Å². The number of anilines is 1. The highest BCUT2D eigenvalue weighted by molar-refractivity contribution is 6.32. The van der Waals surface area contributed by atoms with Crippen molar-refractivity contribution in [1.29, 1.82) is 0 Å².